The van der Waals surface area contributed by atoms with Crippen LogP contribution >= 0.6 is 0 Å². The zero-order valence-electron chi connectivity index (χ0n) is 10.0. The second-order valence-electron chi connectivity index (χ2n) is 4.58. The predicted octanol–water partition coefficient (Wildman–Crippen LogP) is 1.78. The highest BCUT2D eigenvalue weighted by Gasteiger charge is 2.24. The first-order chi connectivity index (χ1) is 8.86. The van der Waals surface area contributed by atoms with Crippen molar-refractivity contribution in [2.45, 2.75) is 19.3 Å². The highest BCUT2D eigenvalue weighted by atomic mass is 15.3. The number of hydrazine groups is 1. The molecule has 0 bridgehead atoms. The Balaban J connectivity index is 1.96. The van der Waals surface area contributed by atoms with Crippen molar-refractivity contribution in [1.29, 1.82) is 0 Å². The molecule has 18 heavy (non-hydrogen) atoms. The van der Waals surface area contributed by atoms with Crippen molar-refractivity contribution in [1.82, 2.24) is 15.0 Å². The minimum atomic E-state index is 0.676. The number of nitrogen functional groups attached to an aromatic ring is 1. The molecular formula is C13H15N5. The Hall–Kier alpha value is -2.01. The molecule has 0 unspecified atom stereocenters. The van der Waals surface area contributed by atoms with Gasteiger partial charge in [-0.05, 0) is 37.3 Å². The molecule has 0 radical (unpaired) electrons. The van der Waals surface area contributed by atoms with E-state index in [-0.39, 0.29) is 0 Å². The summed E-state index contributed by atoms with van der Waals surface area (Å²) in [5.41, 5.74) is 5.39. The van der Waals surface area contributed by atoms with Crippen LogP contribution in [0.5, 0.6) is 0 Å². The van der Waals surface area contributed by atoms with Gasteiger partial charge in [-0.2, -0.15) is 0 Å². The molecule has 1 aliphatic rings. The first-order valence-corrected chi connectivity index (χ1v) is 6.10. The summed E-state index contributed by atoms with van der Waals surface area (Å²) >= 11 is 0. The SMILES string of the molecule is NNc1ncc(-c2cccnc2)nc1CC1CC1. The third kappa shape index (κ3) is 2.31. The largest absolute Gasteiger partial charge is 0.307 e. The van der Waals surface area contributed by atoms with Crippen LogP contribution in [0.3, 0.4) is 0 Å². The van der Waals surface area contributed by atoms with E-state index in [1.165, 1.54) is 12.8 Å². The lowest BCUT2D eigenvalue weighted by Crippen LogP contribution is -2.13. The number of hydrogen-bond donors (Lipinski definition) is 2. The van der Waals surface area contributed by atoms with Crippen molar-refractivity contribution in [3.05, 3.63) is 36.4 Å². The summed E-state index contributed by atoms with van der Waals surface area (Å²) in [4.78, 5) is 13.1. The van der Waals surface area contributed by atoms with Crippen LogP contribution in [-0.2, 0) is 6.42 Å². The molecule has 0 saturated heterocycles. The van der Waals surface area contributed by atoms with E-state index in [4.69, 9.17) is 5.84 Å². The molecule has 3 N–H and O–H groups in total. The third-order valence-corrected chi connectivity index (χ3v) is 3.12. The van der Waals surface area contributed by atoms with Gasteiger partial charge in [-0.3, -0.25) is 4.98 Å². The summed E-state index contributed by atoms with van der Waals surface area (Å²) in [5.74, 6) is 6.89. The molecule has 92 valence electrons. The lowest BCUT2D eigenvalue weighted by Gasteiger charge is -2.08. The summed E-state index contributed by atoms with van der Waals surface area (Å²) in [7, 11) is 0. The molecule has 1 aliphatic carbocycles. The van der Waals surface area contributed by atoms with Crippen LogP contribution in [-0.4, -0.2) is 15.0 Å². The molecule has 0 atom stereocenters. The van der Waals surface area contributed by atoms with Gasteiger partial charge >= 0.3 is 0 Å². The number of anilines is 1. The molecule has 2 heterocycles. The zero-order valence-corrected chi connectivity index (χ0v) is 10.0. The summed E-state index contributed by atoms with van der Waals surface area (Å²) < 4.78 is 0. The van der Waals surface area contributed by atoms with E-state index in [9.17, 15) is 0 Å². The van der Waals surface area contributed by atoms with Gasteiger partial charge in [-0.15, -0.1) is 0 Å². The van der Waals surface area contributed by atoms with Gasteiger partial charge in [-0.1, -0.05) is 0 Å². The van der Waals surface area contributed by atoms with E-state index in [0.29, 0.717) is 5.82 Å². The zero-order chi connectivity index (χ0) is 12.4. The Morgan fingerprint density at radius 3 is 2.89 bits per heavy atom. The van der Waals surface area contributed by atoms with Crippen LogP contribution < -0.4 is 11.3 Å². The highest BCUT2D eigenvalue weighted by Crippen LogP contribution is 2.33. The number of rotatable bonds is 4. The van der Waals surface area contributed by atoms with Crippen molar-refractivity contribution in [3.63, 3.8) is 0 Å². The lowest BCUT2D eigenvalue weighted by atomic mass is 10.2. The first-order valence-electron chi connectivity index (χ1n) is 6.10. The van der Waals surface area contributed by atoms with Crippen molar-refractivity contribution < 1.29 is 0 Å². The maximum absolute atomic E-state index is 5.47. The first kappa shape index (κ1) is 11.1. The maximum Gasteiger partial charge on any atom is 0.161 e. The Kier molecular flexibility index (Phi) is 2.90. The number of nitrogens with zero attached hydrogens (tertiary/aromatic N) is 3. The average Bonchev–Trinajstić information content (AvgIpc) is 3.24. The molecule has 0 aliphatic heterocycles. The summed E-state index contributed by atoms with van der Waals surface area (Å²) in [6.07, 6.45) is 8.77. The number of nitrogens with two attached hydrogens (primary N) is 1. The van der Waals surface area contributed by atoms with Gasteiger partial charge in [0.2, 0.25) is 0 Å². The van der Waals surface area contributed by atoms with Gasteiger partial charge in [0.15, 0.2) is 5.82 Å². The van der Waals surface area contributed by atoms with Crippen molar-refractivity contribution in [3.8, 4) is 11.3 Å². The lowest BCUT2D eigenvalue weighted by molar-refractivity contribution is 0.799. The van der Waals surface area contributed by atoms with Crippen LogP contribution in [0.4, 0.5) is 5.82 Å². The minimum Gasteiger partial charge on any atom is -0.307 e. The smallest absolute Gasteiger partial charge is 0.161 e. The molecule has 2 aromatic rings. The minimum absolute atomic E-state index is 0.676. The Morgan fingerprint density at radius 2 is 2.22 bits per heavy atom. The number of aromatic nitrogens is 3. The molecule has 0 aromatic carbocycles. The van der Waals surface area contributed by atoms with Crippen LogP contribution in [0.25, 0.3) is 11.3 Å². The number of hydrogen-bond acceptors (Lipinski definition) is 5. The summed E-state index contributed by atoms with van der Waals surface area (Å²) in [6, 6.07) is 3.88. The van der Waals surface area contributed by atoms with Gasteiger partial charge in [0.05, 0.1) is 17.6 Å². The van der Waals surface area contributed by atoms with E-state index in [0.717, 1.165) is 29.3 Å². The van der Waals surface area contributed by atoms with E-state index in [1.807, 2.05) is 12.1 Å². The Morgan fingerprint density at radius 1 is 1.33 bits per heavy atom. The molecule has 1 saturated carbocycles. The van der Waals surface area contributed by atoms with Gasteiger partial charge in [-0.25, -0.2) is 15.8 Å². The molecule has 3 rings (SSSR count). The van der Waals surface area contributed by atoms with Crippen molar-refractivity contribution in [2.24, 2.45) is 11.8 Å². The molecule has 2 aromatic heterocycles. The van der Waals surface area contributed by atoms with Gasteiger partial charge in [0.1, 0.15) is 0 Å². The topological polar surface area (TPSA) is 76.7 Å². The summed E-state index contributed by atoms with van der Waals surface area (Å²) in [6.45, 7) is 0. The monoisotopic (exact) mass is 241 g/mol. The molecule has 5 nitrogen and oxygen atoms in total. The van der Waals surface area contributed by atoms with Crippen LogP contribution in [0.15, 0.2) is 30.7 Å². The second kappa shape index (κ2) is 4.70. The van der Waals surface area contributed by atoms with Crippen molar-refractivity contribution in [2.75, 3.05) is 5.43 Å². The van der Waals surface area contributed by atoms with Crippen LogP contribution in [0, 0.1) is 5.92 Å². The van der Waals surface area contributed by atoms with Crippen molar-refractivity contribution >= 4 is 5.82 Å². The fourth-order valence-corrected chi connectivity index (χ4v) is 1.94. The van der Waals surface area contributed by atoms with Gasteiger partial charge < -0.3 is 5.43 Å². The van der Waals surface area contributed by atoms with E-state index >= 15 is 0 Å². The van der Waals surface area contributed by atoms with E-state index < -0.39 is 0 Å². The highest BCUT2D eigenvalue weighted by molar-refractivity contribution is 5.58. The maximum atomic E-state index is 5.47. The number of nitrogens with one attached hydrogen (secondary N) is 1. The fourth-order valence-electron chi connectivity index (χ4n) is 1.94. The standard InChI is InChI=1S/C13H15N5/c14-18-13-11(6-9-3-4-9)17-12(8-16-13)10-2-1-5-15-7-10/h1-2,5,7-9H,3-4,6,14H2,(H,16,18). The Labute approximate surface area is 105 Å². The Bertz CT molecular complexity index is 536. The molecule has 5 heteroatoms. The average molecular weight is 241 g/mol. The number of pyridine rings is 1. The molecule has 0 amide bonds. The van der Waals surface area contributed by atoms with Crippen LogP contribution in [0.2, 0.25) is 0 Å². The molecular weight excluding hydrogens is 226 g/mol. The predicted molar refractivity (Wildman–Crippen MR) is 69.5 cm³/mol. The normalized spacial score (nSPS) is 14.5. The van der Waals surface area contributed by atoms with E-state index in [1.54, 1.807) is 18.6 Å². The van der Waals surface area contributed by atoms with Crippen LogP contribution in [0.1, 0.15) is 18.5 Å². The third-order valence-electron chi connectivity index (χ3n) is 3.12. The molecule has 1 fully saturated rings. The fraction of sp³-hybridized carbons (Fsp3) is 0.308. The summed E-state index contributed by atoms with van der Waals surface area (Å²) in [5, 5.41) is 0. The van der Waals surface area contributed by atoms with E-state index in [2.05, 4.69) is 20.4 Å². The van der Waals surface area contributed by atoms with Gasteiger partial charge in [0.25, 0.3) is 0 Å². The van der Waals surface area contributed by atoms with Gasteiger partial charge in [0, 0.05) is 18.0 Å². The molecule has 0 spiro atoms. The quantitative estimate of drug-likeness (QED) is 0.630. The second-order valence-corrected chi connectivity index (χ2v) is 4.58.